The molecule has 3 aromatic carbocycles. The summed E-state index contributed by atoms with van der Waals surface area (Å²) in [6, 6.07) is 25.1. The van der Waals surface area contributed by atoms with Gasteiger partial charge in [-0.3, -0.25) is 10.2 Å². The Kier molecular flexibility index (Phi) is 9.35. The maximum absolute atomic E-state index is 13.6. The Morgan fingerprint density at radius 1 is 1.00 bits per heavy atom. The highest BCUT2D eigenvalue weighted by molar-refractivity contribution is 6.00. The summed E-state index contributed by atoms with van der Waals surface area (Å²) in [5.41, 5.74) is 7.70. The summed E-state index contributed by atoms with van der Waals surface area (Å²) in [4.78, 5) is 18.5. The van der Waals surface area contributed by atoms with Crippen LogP contribution in [0.5, 0.6) is 11.5 Å². The second kappa shape index (κ2) is 13.1. The van der Waals surface area contributed by atoms with E-state index >= 15 is 0 Å². The van der Waals surface area contributed by atoms with E-state index < -0.39 is 11.6 Å². The van der Waals surface area contributed by atoms with Gasteiger partial charge in [-0.05, 0) is 60.9 Å². The van der Waals surface area contributed by atoms with Crippen LogP contribution in [0.15, 0.2) is 83.9 Å². The maximum Gasteiger partial charge on any atom is 0.266 e. The molecule has 0 aromatic heterocycles. The van der Waals surface area contributed by atoms with Crippen molar-refractivity contribution in [3.05, 3.63) is 95.6 Å². The number of nitrogens with zero attached hydrogens (tertiary/aromatic N) is 1. The number of hydrogen-bond acceptors (Lipinski definition) is 7. The first-order valence-corrected chi connectivity index (χ1v) is 12.8. The average Bonchev–Trinajstić information content (AvgIpc) is 3.29. The molecule has 0 bridgehead atoms. The van der Waals surface area contributed by atoms with Gasteiger partial charge in [-0.15, -0.1) is 0 Å². The van der Waals surface area contributed by atoms with Crippen LogP contribution in [0.3, 0.4) is 0 Å². The molecule has 3 N–H and O–H groups in total. The van der Waals surface area contributed by atoms with Gasteiger partial charge in [-0.1, -0.05) is 42.5 Å². The Hall–Kier alpha value is -3.88. The number of aliphatic imine (C=N–C) groups is 1. The van der Waals surface area contributed by atoms with Crippen molar-refractivity contribution < 1.29 is 24.1 Å². The van der Waals surface area contributed by atoms with Crippen molar-refractivity contribution in [2.45, 2.75) is 37.8 Å². The minimum absolute atomic E-state index is 0.0858. The third-order valence-electron chi connectivity index (χ3n) is 6.54. The number of ether oxygens (including phenoxy) is 3. The van der Waals surface area contributed by atoms with Gasteiger partial charge in [0.15, 0.2) is 5.54 Å². The number of benzene rings is 3. The van der Waals surface area contributed by atoms with Crippen LogP contribution in [-0.4, -0.2) is 55.4 Å². The molecule has 1 aliphatic rings. The van der Waals surface area contributed by atoms with E-state index in [1.54, 1.807) is 7.11 Å². The van der Waals surface area contributed by atoms with E-state index in [0.717, 1.165) is 28.9 Å². The quantitative estimate of drug-likeness (QED) is 0.237. The molecule has 200 valence electrons. The predicted molar refractivity (Wildman–Crippen MR) is 146 cm³/mol. The second-order valence-corrected chi connectivity index (χ2v) is 9.19. The highest BCUT2D eigenvalue weighted by Crippen LogP contribution is 2.32. The Labute approximate surface area is 223 Å². The summed E-state index contributed by atoms with van der Waals surface area (Å²) in [7, 11) is 1.64. The molecule has 0 fully saturated rings. The molecule has 0 radical (unpaired) electrons. The summed E-state index contributed by atoms with van der Waals surface area (Å²) in [5, 5.41) is 8.94. The van der Waals surface area contributed by atoms with Crippen molar-refractivity contribution in [2.75, 3.05) is 26.9 Å². The van der Waals surface area contributed by atoms with Crippen molar-refractivity contribution in [1.29, 1.82) is 0 Å². The van der Waals surface area contributed by atoms with E-state index in [4.69, 9.17) is 24.3 Å². The summed E-state index contributed by atoms with van der Waals surface area (Å²) < 4.78 is 17.0. The lowest BCUT2D eigenvalue weighted by atomic mass is 9.86. The largest absolute Gasteiger partial charge is 0.497 e. The third-order valence-corrected chi connectivity index (χ3v) is 6.54. The minimum Gasteiger partial charge on any atom is -0.497 e. The molecule has 0 saturated heterocycles. The molecule has 3 aromatic rings. The number of methoxy groups -OCH3 is 1. The zero-order valence-electron chi connectivity index (χ0n) is 21.9. The van der Waals surface area contributed by atoms with Crippen LogP contribution in [0.4, 0.5) is 0 Å². The number of nitrogens with one attached hydrogen (secondary N) is 2. The van der Waals surface area contributed by atoms with Gasteiger partial charge in [0.2, 0.25) is 5.90 Å². The Balaban J connectivity index is 1.47. The number of amides is 1. The van der Waals surface area contributed by atoms with Gasteiger partial charge >= 0.3 is 0 Å². The van der Waals surface area contributed by atoms with Gasteiger partial charge in [-0.25, -0.2) is 10.4 Å². The van der Waals surface area contributed by atoms with Crippen LogP contribution in [-0.2, 0) is 22.4 Å². The zero-order valence-corrected chi connectivity index (χ0v) is 21.9. The molecule has 8 heteroatoms. The molecule has 0 aliphatic carbocycles. The molecule has 2 atom stereocenters. The smallest absolute Gasteiger partial charge is 0.266 e. The van der Waals surface area contributed by atoms with Crippen molar-refractivity contribution >= 4 is 11.8 Å². The van der Waals surface area contributed by atoms with E-state index in [2.05, 4.69) is 10.9 Å². The number of aliphatic hydroxyl groups excluding tert-OH is 1. The number of hydrazine groups is 1. The molecule has 4 rings (SSSR count). The zero-order chi connectivity index (χ0) is 26.8. The van der Waals surface area contributed by atoms with Gasteiger partial charge in [0.25, 0.3) is 5.91 Å². The first kappa shape index (κ1) is 27.2. The third kappa shape index (κ3) is 6.70. The van der Waals surface area contributed by atoms with E-state index in [1.165, 1.54) is 0 Å². The minimum atomic E-state index is -1.14. The molecule has 8 nitrogen and oxygen atoms in total. The van der Waals surface area contributed by atoms with Crippen LogP contribution in [0.2, 0.25) is 0 Å². The van der Waals surface area contributed by atoms with Crippen molar-refractivity contribution in [3.63, 3.8) is 0 Å². The lowest BCUT2D eigenvalue weighted by Crippen LogP contribution is -2.56. The fourth-order valence-electron chi connectivity index (χ4n) is 4.30. The molecular formula is C30H35N3O5. The Morgan fingerprint density at radius 2 is 1.71 bits per heavy atom. The SMILES string of the molecule is COc1ccc(CCNNC(=O)[C@@]2(Cc3ccccc3)N=C(c3ccc(OCCCO)cc3)O[C@H]2C)cc1. The summed E-state index contributed by atoms with van der Waals surface area (Å²) >= 11 is 0. The standard InChI is InChI=1S/C30H35N3O5/c1-22-30(21-24-7-4-3-5-8-24,29(35)33-31-18-17-23-9-13-26(36-2)14-10-23)32-28(38-22)25-11-15-27(16-12-25)37-20-6-19-34/h3-5,7-16,22,31,34H,6,17-21H2,1-2H3,(H,33,35)/t22-,30-/m0/s1. The van der Waals surface area contributed by atoms with Crippen LogP contribution in [0.1, 0.15) is 30.0 Å². The lowest BCUT2D eigenvalue weighted by molar-refractivity contribution is -0.129. The molecule has 1 amide bonds. The van der Waals surface area contributed by atoms with E-state index in [9.17, 15) is 4.79 Å². The van der Waals surface area contributed by atoms with Crippen LogP contribution < -0.4 is 20.3 Å². The molecule has 1 heterocycles. The maximum atomic E-state index is 13.6. The first-order valence-electron chi connectivity index (χ1n) is 12.8. The number of aliphatic hydroxyl groups is 1. The van der Waals surface area contributed by atoms with E-state index in [-0.39, 0.29) is 12.5 Å². The summed E-state index contributed by atoms with van der Waals surface area (Å²) in [6.07, 6.45) is 1.22. The Morgan fingerprint density at radius 3 is 2.39 bits per heavy atom. The summed E-state index contributed by atoms with van der Waals surface area (Å²) in [6.45, 7) is 2.96. The topological polar surface area (TPSA) is 101 Å². The highest BCUT2D eigenvalue weighted by Gasteiger charge is 2.50. The van der Waals surface area contributed by atoms with Crippen molar-refractivity contribution in [2.24, 2.45) is 4.99 Å². The number of carbonyl (C=O) groups excluding carboxylic acids is 1. The average molecular weight is 518 g/mol. The second-order valence-electron chi connectivity index (χ2n) is 9.19. The number of rotatable bonds is 13. The van der Waals surface area contributed by atoms with Crippen LogP contribution >= 0.6 is 0 Å². The van der Waals surface area contributed by atoms with Gasteiger partial charge in [0, 0.05) is 31.6 Å². The Bertz CT molecular complexity index is 1200. The highest BCUT2D eigenvalue weighted by atomic mass is 16.5. The van der Waals surface area contributed by atoms with Gasteiger partial charge in [0.1, 0.15) is 17.6 Å². The molecule has 0 saturated carbocycles. The van der Waals surface area contributed by atoms with E-state index in [1.807, 2.05) is 85.8 Å². The molecular weight excluding hydrogens is 482 g/mol. The van der Waals surface area contributed by atoms with E-state index in [0.29, 0.717) is 37.6 Å². The summed E-state index contributed by atoms with van der Waals surface area (Å²) in [5.74, 6) is 1.68. The van der Waals surface area contributed by atoms with Gasteiger partial charge in [-0.2, -0.15) is 0 Å². The van der Waals surface area contributed by atoms with Gasteiger partial charge < -0.3 is 19.3 Å². The fourth-order valence-corrected chi connectivity index (χ4v) is 4.30. The van der Waals surface area contributed by atoms with Crippen LogP contribution in [0, 0.1) is 0 Å². The lowest BCUT2D eigenvalue weighted by Gasteiger charge is -2.28. The predicted octanol–water partition coefficient (Wildman–Crippen LogP) is 3.47. The number of hydrogen-bond donors (Lipinski definition) is 3. The molecule has 38 heavy (non-hydrogen) atoms. The molecule has 1 aliphatic heterocycles. The fraction of sp³-hybridized carbons (Fsp3) is 0.333. The van der Waals surface area contributed by atoms with Crippen LogP contribution in [0.25, 0.3) is 0 Å². The van der Waals surface area contributed by atoms with Crippen molar-refractivity contribution in [1.82, 2.24) is 10.9 Å². The number of carbonyl (C=O) groups is 1. The van der Waals surface area contributed by atoms with Gasteiger partial charge in [0.05, 0.1) is 13.7 Å². The normalized spacial score (nSPS) is 18.4. The molecule has 0 spiro atoms. The monoisotopic (exact) mass is 517 g/mol. The molecule has 0 unspecified atom stereocenters. The first-order chi connectivity index (χ1) is 18.5. The van der Waals surface area contributed by atoms with Crippen molar-refractivity contribution in [3.8, 4) is 11.5 Å².